The fourth-order valence-electron chi connectivity index (χ4n) is 1.57. The third-order valence-corrected chi connectivity index (χ3v) is 3.94. The minimum Gasteiger partial charge on any atom is -0.496 e. The molecule has 0 N–H and O–H groups in total. The van der Waals surface area contributed by atoms with Gasteiger partial charge in [-0.05, 0) is 75.0 Å². The van der Waals surface area contributed by atoms with Crippen LogP contribution >= 0.6 is 45.2 Å². The van der Waals surface area contributed by atoms with Gasteiger partial charge in [0.15, 0.2) is 0 Å². The smallest absolute Gasteiger partial charge is 0.126 e. The van der Waals surface area contributed by atoms with Gasteiger partial charge in [-0.25, -0.2) is 0 Å². The summed E-state index contributed by atoms with van der Waals surface area (Å²) in [5.41, 5.74) is 2.37. The summed E-state index contributed by atoms with van der Waals surface area (Å²) in [4.78, 5) is 0. The van der Waals surface area contributed by atoms with Crippen LogP contribution < -0.4 is 4.74 Å². The molecule has 0 fully saturated rings. The van der Waals surface area contributed by atoms with E-state index in [2.05, 4.69) is 75.5 Å². The van der Waals surface area contributed by atoms with E-state index in [0.717, 1.165) is 11.3 Å². The molecule has 0 aliphatic rings. The monoisotopic (exact) mass is 436 g/mol. The van der Waals surface area contributed by atoms with Gasteiger partial charge in [0, 0.05) is 12.7 Å². The second kappa shape index (κ2) is 5.35. The summed E-state index contributed by atoms with van der Waals surface area (Å²) in [6.07, 6.45) is 0. The number of ether oxygens (including phenoxy) is 1. The van der Waals surface area contributed by atoms with Crippen LogP contribution in [0.1, 0.15) is 0 Å². The van der Waals surface area contributed by atoms with Crippen LogP contribution in [-0.4, -0.2) is 7.11 Å². The van der Waals surface area contributed by atoms with Crippen LogP contribution in [0.5, 0.6) is 5.75 Å². The molecule has 0 bridgehead atoms. The van der Waals surface area contributed by atoms with Gasteiger partial charge in [0.05, 0.1) is 7.11 Å². The predicted octanol–water partition coefficient (Wildman–Crippen LogP) is 4.57. The first-order valence-corrected chi connectivity index (χ1v) is 6.96. The van der Waals surface area contributed by atoms with Crippen molar-refractivity contribution in [1.82, 2.24) is 0 Å². The van der Waals surface area contributed by atoms with Crippen LogP contribution in [0.4, 0.5) is 0 Å². The Morgan fingerprint density at radius 3 is 2.38 bits per heavy atom. The van der Waals surface area contributed by atoms with Crippen LogP contribution in [0.15, 0.2) is 42.5 Å². The molecule has 0 amide bonds. The molecule has 0 heterocycles. The van der Waals surface area contributed by atoms with E-state index in [-0.39, 0.29) is 0 Å². The Balaban J connectivity index is 2.63. The van der Waals surface area contributed by atoms with Crippen molar-refractivity contribution in [2.24, 2.45) is 0 Å². The quantitative estimate of drug-likeness (QED) is 0.628. The van der Waals surface area contributed by atoms with Gasteiger partial charge in [0.2, 0.25) is 0 Å². The summed E-state index contributed by atoms with van der Waals surface area (Å²) >= 11 is 4.67. The topological polar surface area (TPSA) is 9.23 Å². The van der Waals surface area contributed by atoms with E-state index in [1.165, 1.54) is 12.7 Å². The lowest BCUT2D eigenvalue weighted by Crippen LogP contribution is -1.90. The Labute approximate surface area is 122 Å². The SMILES string of the molecule is COc1ccc(I)cc1-c1ccccc1I. The van der Waals surface area contributed by atoms with E-state index in [9.17, 15) is 0 Å². The van der Waals surface area contributed by atoms with E-state index in [1.807, 2.05) is 12.1 Å². The molecular formula is C13H10I2O. The minimum atomic E-state index is 0.921. The molecule has 2 aromatic carbocycles. The number of methoxy groups -OCH3 is 1. The zero-order valence-corrected chi connectivity index (χ0v) is 13.0. The molecule has 0 unspecified atom stereocenters. The van der Waals surface area contributed by atoms with Gasteiger partial charge in [-0.15, -0.1) is 0 Å². The van der Waals surface area contributed by atoms with Crippen molar-refractivity contribution in [2.75, 3.05) is 7.11 Å². The van der Waals surface area contributed by atoms with E-state index >= 15 is 0 Å². The Hall–Kier alpha value is -0.300. The van der Waals surface area contributed by atoms with Gasteiger partial charge in [-0.3, -0.25) is 0 Å². The molecule has 82 valence electrons. The third-order valence-electron chi connectivity index (χ3n) is 2.33. The lowest BCUT2D eigenvalue weighted by atomic mass is 10.1. The van der Waals surface area contributed by atoms with Gasteiger partial charge in [0.1, 0.15) is 5.75 Å². The number of benzene rings is 2. The first-order valence-electron chi connectivity index (χ1n) is 4.81. The maximum atomic E-state index is 5.40. The number of rotatable bonds is 2. The van der Waals surface area contributed by atoms with Crippen molar-refractivity contribution < 1.29 is 4.74 Å². The number of halogens is 2. The van der Waals surface area contributed by atoms with Crippen molar-refractivity contribution >= 4 is 45.2 Å². The summed E-state index contributed by atoms with van der Waals surface area (Å²) in [5, 5.41) is 0. The van der Waals surface area contributed by atoms with Crippen LogP contribution in [0, 0.1) is 7.14 Å². The largest absolute Gasteiger partial charge is 0.496 e. The molecule has 0 saturated heterocycles. The molecular weight excluding hydrogens is 426 g/mol. The molecule has 1 nitrogen and oxygen atoms in total. The standard InChI is InChI=1S/C13H10I2O/c1-16-13-7-6-9(14)8-11(13)10-4-2-3-5-12(10)15/h2-8H,1H3. The van der Waals surface area contributed by atoms with Gasteiger partial charge >= 0.3 is 0 Å². The number of hydrogen-bond donors (Lipinski definition) is 0. The van der Waals surface area contributed by atoms with Crippen molar-refractivity contribution in [3.05, 3.63) is 49.6 Å². The summed E-state index contributed by atoms with van der Waals surface area (Å²) < 4.78 is 7.86. The van der Waals surface area contributed by atoms with Crippen LogP contribution in [0.3, 0.4) is 0 Å². The molecule has 16 heavy (non-hydrogen) atoms. The fourth-order valence-corrected chi connectivity index (χ4v) is 2.74. The summed E-state index contributed by atoms with van der Waals surface area (Å²) in [7, 11) is 1.71. The van der Waals surface area contributed by atoms with E-state index in [1.54, 1.807) is 7.11 Å². The molecule has 0 spiro atoms. The van der Waals surface area contributed by atoms with Gasteiger partial charge in [-0.1, -0.05) is 18.2 Å². The Morgan fingerprint density at radius 1 is 0.938 bits per heavy atom. The minimum absolute atomic E-state index is 0.921. The molecule has 0 atom stereocenters. The van der Waals surface area contributed by atoms with Crippen LogP contribution in [-0.2, 0) is 0 Å². The highest BCUT2D eigenvalue weighted by Crippen LogP contribution is 2.33. The van der Waals surface area contributed by atoms with Crippen LogP contribution in [0.25, 0.3) is 11.1 Å². The molecule has 0 aliphatic carbocycles. The van der Waals surface area contributed by atoms with Gasteiger partial charge in [0.25, 0.3) is 0 Å². The van der Waals surface area contributed by atoms with Gasteiger partial charge in [-0.2, -0.15) is 0 Å². The molecule has 0 saturated carbocycles. The van der Waals surface area contributed by atoms with E-state index in [0.29, 0.717) is 0 Å². The Morgan fingerprint density at radius 2 is 1.69 bits per heavy atom. The van der Waals surface area contributed by atoms with Crippen molar-refractivity contribution in [3.63, 3.8) is 0 Å². The zero-order chi connectivity index (χ0) is 11.5. The van der Waals surface area contributed by atoms with E-state index < -0.39 is 0 Å². The molecule has 0 aromatic heterocycles. The molecule has 2 rings (SSSR count). The number of hydrogen-bond acceptors (Lipinski definition) is 1. The van der Waals surface area contributed by atoms with Gasteiger partial charge < -0.3 is 4.74 Å². The average Bonchev–Trinajstić information content (AvgIpc) is 2.29. The second-order valence-electron chi connectivity index (χ2n) is 3.32. The highest BCUT2D eigenvalue weighted by atomic mass is 127. The second-order valence-corrected chi connectivity index (χ2v) is 5.73. The summed E-state index contributed by atoms with van der Waals surface area (Å²) in [6, 6.07) is 14.5. The molecule has 2 aromatic rings. The lowest BCUT2D eigenvalue weighted by molar-refractivity contribution is 0.416. The third kappa shape index (κ3) is 2.51. The highest BCUT2D eigenvalue weighted by Gasteiger charge is 2.08. The molecule has 3 heteroatoms. The lowest BCUT2D eigenvalue weighted by Gasteiger charge is -2.10. The first kappa shape index (κ1) is 12.2. The van der Waals surface area contributed by atoms with E-state index in [4.69, 9.17) is 4.74 Å². The maximum absolute atomic E-state index is 5.40. The first-order chi connectivity index (χ1) is 7.72. The summed E-state index contributed by atoms with van der Waals surface area (Å²) in [5.74, 6) is 0.921. The van der Waals surface area contributed by atoms with Crippen LogP contribution in [0.2, 0.25) is 0 Å². The Kier molecular flexibility index (Phi) is 4.07. The van der Waals surface area contributed by atoms with Crippen molar-refractivity contribution in [3.8, 4) is 16.9 Å². The molecule has 0 aliphatic heterocycles. The molecule has 0 radical (unpaired) electrons. The average molecular weight is 436 g/mol. The van der Waals surface area contributed by atoms with Crippen molar-refractivity contribution in [2.45, 2.75) is 0 Å². The maximum Gasteiger partial charge on any atom is 0.126 e. The Bertz CT molecular complexity index is 509. The summed E-state index contributed by atoms with van der Waals surface area (Å²) in [6.45, 7) is 0. The highest BCUT2D eigenvalue weighted by molar-refractivity contribution is 14.1. The van der Waals surface area contributed by atoms with Crippen molar-refractivity contribution in [1.29, 1.82) is 0 Å². The normalized spacial score (nSPS) is 10.2. The fraction of sp³-hybridized carbons (Fsp3) is 0.0769. The predicted molar refractivity (Wildman–Crippen MR) is 83.9 cm³/mol. The zero-order valence-electron chi connectivity index (χ0n) is 8.71.